The number of nitrogens with zero attached hydrogens (tertiary/aromatic N) is 1. The number of hydrogen-bond donors (Lipinski definition) is 2. The molecule has 1 aromatic heterocycles. The summed E-state index contributed by atoms with van der Waals surface area (Å²) in [4.78, 5) is 15.5. The molecule has 0 saturated carbocycles. The van der Waals surface area contributed by atoms with Gasteiger partial charge in [0.05, 0.1) is 0 Å². The molecule has 1 aliphatic heterocycles. The van der Waals surface area contributed by atoms with E-state index in [2.05, 4.69) is 17.4 Å². The first-order valence-electron chi connectivity index (χ1n) is 9.93. The molecular formula is C20H33I2N2O3-. The number of rotatable bonds is 14. The van der Waals surface area contributed by atoms with Crippen molar-refractivity contribution >= 4 is 27.6 Å². The Bertz CT molecular complexity index is 572. The Morgan fingerprint density at radius 2 is 2.22 bits per heavy atom. The second-order valence-electron chi connectivity index (χ2n) is 6.55. The van der Waals surface area contributed by atoms with Gasteiger partial charge in [-0.15, -0.1) is 0 Å². The maximum absolute atomic E-state index is 10.8. The number of fused-ring (bicyclic) bond motifs is 1. The fourth-order valence-corrected chi connectivity index (χ4v) is 20.1. The van der Waals surface area contributed by atoms with Crippen LogP contribution in [0.2, 0.25) is 0 Å². The molecule has 0 fully saturated rings. The molecule has 0 aliphatic carbocycles. The van der Waals surface area contributed by atoms with E-state index in [9.17, 15) is 4.79 Å². The van der Waals surface area contributed by atoms with Crippen LogP contribution in [0, 0.1) is 0 Å². The molecule has 0 atom stereocenters. The van der Waals surface area contributed by atoms with Crippen molar-refractivity contribution < 1.29 is 31.9 Å². The molecule has 5 nitrogen and oxygen atoms in total. The molecule has 1 aliphatic rings. The van der Waals surface area contributed by atoms with E-state index in [0.29, 0.717) is 6.42 Å². The van der Waals surface area contributed by atoms with Crippen LogP contribution in [0.5, 0.6) is 0 Å². The van der Waals surface area contributed by atoms with Crippen LogP contribution in [0.4, 0.5) is 5.82 Å². The Kier molecular flexibility index (Phi) is 11.9. The zero-order valence-electron chi connectivity index (χ0n) is 16.3. The van der Waals surface area contributed by atoms with E-state index in [4.69, 9.17) is 14.8 Å². The van der Waals surface area contributed by atoms with Crippen LogP contribution in [0.15, 0.2) is 12.1 Å². The first-order valence-corrected chi connectivity index (χ1v) is 20.8. The van der Waals surface area contributed by atoms with Gasteiger partial charge in [-0.25, -0.2) is 0 Å². The Morgan fingerprint density at radius 1 is 1.33 bits per heavy atom. The van der Waals surface area contributed by atoms with Gasteiger partial charge >= 0.3 is 178 Å². The van der Waals surface area contributed by atoms with Crippen LogP contribution in [-0.2, 0) is 22.4 Å². The number of pyridine rings is 1. The molecule has 1 aromatic rings. The summed E-state index contributed by atoms with van der Waals surface area (Å²) in [6, 6.07) is 4.45. The average Bonchev–Trinajstić information content (AvgIpc) is 2.67. The van der Waals surface area contributed by atoms with Gasteiger partial charge in [-0.1, -0.05) is 0 Å². The van der Waals surface area contributed by atoms with Crippen molar-refractivity contribution in [1.82, 2.24) is 4.98 Å². The molecule has 0 unspecified atom stereocenters. The summed E-state index contributed by atoms with van der Waals surface area (Å²) in [6.07, 6.45) is 7.15. The first-order chi connectivity index (χ1) is 13.2. The molecule has 27 heavy (non-hydrogen) atoms. The van der Waals surface area contributed by atoms with Crippen molar-refractivity contribution in [3.8, 4) is 0 Å². The summed E-state index contributed by atoms with van der Waals surface area (Å²) in [7, 11) is 0. The van der Waals surface area contributed by atoms with Crippen molar-refractivity contribution in [1.29, 1.82) is 0 Å². The van der Waals surface area contributed by atoms with Crippen molar-refractivity contribution in [3.63, 3.8) is 0 Å². The van der Waals surface area contributed by atoms with Gasteiger partial charge in [-0.3, -0.25) is 0 Å². The van der Waals surface area contributed by atoms with Gasteiger partial charge in [-0.05, 0) is 0 Å². The summed E-state index contributed by atoms with van der Waals surface area (Å²) in [5, 5.41) is 12.3. The third kappa shape index (κ3) is 9.74. The number of nitrogens with one attached hydrogen (secondary N) is 1. The van der Waals surface area contributed by atoms with Gasteiger partial charge in [0, 0.05) is 0 Å². The van der Waals surface area contributed by atoms with E-state index < -0.39 is 21.8 Å². The molecule has 0 saturated heterocycles. The third-order valence-corrected chi connectivity index (χ3v) is 23.5. The molecule has 0 amide bonds. The normalized spacial score (nSPS) is 13.9. The van der Waals surface area contributed by atoms with Crippen LogP contribution in [0.1, 0.15) is 50.3 Å². The van der Waals surface area contributed by atoms with Gasteiger partial charge in [0.25, 0.3) is 0 Å². The Morgan fingerprint density at radius 3 is 3.04 bits per heavy atom. The molecule has 2 heterocycles. The van der Waals surface area contributed by atoms with Gasteiger partial charge < -0.3 is 0 Å². The second kappa shape index (κ2) is 13.9. The van der Waals surface area contributed by atoms with E-state index in [-0.39, 0.29) is 17.2 Å². The van der Waals surface area contributed by atoms with Crippen molar-refractivity contribution in [2.75, 3.05) is 38.4 Å². The number of alkyl halides is 3. The number of carboxylic acids is 1. The molecule has 0 aromatic carbocycles. The van der Waals surface area contributed by atoms with Gasteiger partial charge in [0.15, 0.2) is 0 Å². The fourth-order valence-electron chi connectivity index (χ4n) is 2.90. The van der Waals surface area contributed by atoms with E-state index in [1.54, 1.807) is 0 Å². The molecule has 2 N–H and O–H groups in total. The monoisotopic (exact) mass is 603 g/mol. The molecule has 0 radical (unpaired) electrons. The summed E-state index contributed by atoms with van der Waals surface area (Å²) in [6.45, 7) is 4.77. The van der Waals surface area contributed by atoms with Crippen LogP contribution < -0.4 is 22.5 Å². The molecule has 7 heteroatoms. The zero-order chi connectivity index (χ0) is 19.3. The van der Waals surface area contributed by atoms with Crippen molar-refractivity contribution in [2.24, 2.45) is 0 Å². The van der Waals surface area contributed by atoms with Crippen LogP contribution >= 0.6 is 15.8 Å². The topological polar surface area (TPSA) is 71.5 Å². The zero-order valence-corrected chi connectivity index (χ0v) is 20.6. The first kappa shape index (κ1) is 23.1. The van der Waals surface area contributed by atoms with Crippen molar-refractivity contribution in [2.45, 2.75) is 51.9 Å². The number of carbonyl (C=O) groups is 1. The number of aliphatic carboxylic acids is 1. The third-order valence-electron chi connectivity index (χ3n) is 4.34. The van der Waals surface area contributed by atoms with Crippen LogP contribution in [0.3, 0.4) is 0 Å². The number of hydrogen-bond acceptors (Lipinski definition) is 4. The maximum atomic E-state index is 10.8. The average molecular weight is 603 g/mol. The molecule has 156 valence electrons. The predicted octanol–water partition coefficient (Wildman–Crippen LogP) is 1.17. The number of carboxylic acid groups (broad SMARTS) is 1. The summed E-state index contributed by atoms with van der Waals surface area (Å²) >= 11 is -0.679. The van der Waals surface area contributed by atoms with Crippen molar-refractivity contribution in [3.05, 3.63) is 23.4 Å². The molecular weight excluding hydrogens is 570 g/mol. The quantitative estimate of drug-likeness (QED) is 0.190. The van der Waals surface area contributed by atoms with E-state index in [1.165, 1.54) is 43.8 Å². The Labute approximate surface area is 177 Å². The number of aryl methyl sites for hydroxylation is 2. The summed E-state index contributed by atoms with van der Waals surface area (Å²) in [5.41, 5.74) is 2.58. The Balaban J connectivity index is 1.65. The Hall–Kier alpha value is -0.160. The standard InChI is InChI=1S/C20H33I2N2O3/c1-2-27-16-14-22(13-5-9-19(25)26)21-12-4-3-8-18-11-10-17-7-6-15-23-20(17)24-18/h10-11H,2-9,12-16H2,1H3,(H,23,24)(H,25,26)/q-1. The molecule has 0 spiro atoms. The number of anilines is 1. The van der Waals surface area contributed by atoms with Gasteiger partial charge in [0.2, 0.25) is 0 Å². The second-order valence-corrected chi connectivity index (χ2v) is 24.2. The van der Waals surface area contributed by atoms with E-state index in [0.717, 1.165) is 44.8 Å². The molecule has 0 bridgehead atoms. The number of halogens is 2. The number of ether oxygens (including phenoxy) is 1. The van der Waals surface area contributed by atoms with Gasteiger partial charge in [-0.2, -0.15) is 0 Å². The minimum atomic E-state index is -0.948. The number of unbranched alkanes of at least 4 members (excludes halogenated alkanes) is 1. The van der Waals surface area contributed by atoms with Crippen LogP contribution in [0.25, 0.3) is 0 Å². The fraction of sp³-hybridized carbons (Fsp3) is 0.700. The van der Waals surface area contributed by atoms with E-state index >= 15 is 0 Å². The minimum absolute atomic E-state index is 0.269. The van der Waals surface area contributed by atoms with Crippen LogP contribution in [-0.4, -0.2) is 49.1 Å². The predicted molar refractivity (Wildman–Crippen MR) is 116 cm³/mol. The summed E-state index contributed by atoms with van der Waals surface area (Å²) < 4.78 is 9.39. The number of aromatic nitrogens is 1. The van der Waals surface area contributed by atoms with Gasteiger partial charge in [0.1, 0.15) is 0 Å². The molecule has 2 rings (SSSR count). The SMILES string of the molecule is CCOCCI(CCCC(=O)O)[I-]CCCCc1ccc2c(n1)NCCC2. The summed E-state index contributed by atoms with van der Waals surface area (Å²) in [5.74, 6) is 0.454. The van der Waals surface area contributed by atoms with E-state index in [1.807, 2.05) is 6.92 Å².